The van der Waals surface area contributed by atoms with Gasteiger partial charge in [0.2, 0.25) is 0 Å². The molecule has 1 aliphatic rings. The number of rotatable bonds is 1. The number of nitrogens with zero attached hydrogens (tertiary/aromatic N) is 1. The smallest absolute Gasteiger partial charge is 0.0754 e. The van der Waals surface area contributed by atoms with E-state index in [2.05, 4.69) is 40.6 Å². The van der Waals surface area contributed by atoms with E-state index in [4.69, 9.17) is 0 Å². The quantitative estimate of drug-likeness (QED) is 0.781. The molecule has 1 aliphatic heterocycles. The van der Waals surface area contributed by atoms with E-state index in [9.17, 15) is 0 Å². The molecule has 2 aromatic rings. The lowest BCUT2D eigenvalue weighted by Gasteiger charge is -2.26. The minimum absolute atomic E-state index is 0.256. The maximum absolute atomic E-state index is 4.44. The number of pyridine rings is 1. The molecule has 3 rings (SSSR count). The summed E-state index contributed by atoms with van der Waals surface area (Å²) in [5.41, 5.74) is 3.92. The Bertz CT molecular complexity index is 479. The topological polar surface area (TPSA) is 24.9 Å². The van der Waals surface area contributed by atoms with Crippen LogP contribution < -0.4 is 5.32 Å². The summed E-state index contributed by atoms with van der Waals surface area (Å²) in [6, 6.07) is 15.0. The molecule has 1 N–H and O–H groups in total. The second-order valence-electron chi connectivity index (χ2n) is 4.09. The number of fused-ring (bicyclic) bond motifs is 1. The predicted molar refractivity (Wildman–Crippen MR) is 64.2 cm³/mol. The van der Waals surface area contributed by atoms with E-state index < -0.39 is 0 Å². The van der Waals surface area contributed by atoms with Crippen LogP contribution in [0.15, 0.2) is 48.7 Å². The van der Waals surface area contributed by atoms with Crippen LogP contribution in [0.1, 0.15) is 22.9 Å². The fourth-order valence-corrected chi connectivity index (χ4v) is 2.32. The zero-order chi connectivity index (χ0) is 10.8. The van der Waals surface area contributed by atoms with Crippen molar-refractivity contribution in [1.82, 2.24) is 10.3 Å². The van der Waals surface area contributed by atoms with Crippen LogP contribution in [0, 0.1) is 0 Å². The minimum Gasteiger partial charge on any atom is -0.305 e. The Kier molecular flexibility index (Phi) is 2.43. The third-order valence-electron chi connectivity index (χ3n) is 3.09. The molecule has 0 spiro atoms. The SMILES string of the molecule is c1ccc([C@H]2NCCc3ccccc32)nc1. The molecular weight excluding hydrogens is 196 g/mol. The average molecular weight is 210 g/mol. The van der Waals surface area contributed by atoms with Crippen LogP contribution in [0.5, 0.6) is 0 Å². The first-order valence-electron chi connectivity index (χ1n) is 5.67. The van der Waals surface area contributed by atoms with Gasteiger partial charge >= 0.3 is 0 Å². The standard InChI is InChI=1S/C14H14N2/c1-2-6-12-11(5-1)8-10-16-14(12)13-7-3-4-9-15-13/h1-7,9,14,16H,8,10H2/t14-/m0/s1. The Hall–Kier alpha value is -1.67. The molecule has 2 heterocycles. The summed E-state index contributed by atoms with van der Waals surface area (Å²) < 4.78 is 0. The van der Waals surface area contributed by atoms with Crippen molar-refractivity contribution in [2.24, 2.45) is 0 Å². The highest BCUT2D eigenvalue weighted by Gasteiger charge is 2.21. The van der Waals surface area contributed by atoms with E-state index in [1.54, 1.807) is 0 Å². The summed E-state index contributed by atoms with van der Waals surface area (Å²) in [7, 11) is 0. The first-order valence-corrected chi connectivity index (χ1v) is 5.67. The van der Waals surface area contributed by atoms with Crippen molar-refractivity contribution in [3.05, 3.63) is 65.5 Å². The van der Waals surface area contributed by atoms with Crippen molar-refractivity contribution in [2.75, 3.05) is 6.54 Å². The summed E-state index contributed by atoms with van der Waals surface area (Å²) in [6.45, 7) is 1.03. The lowest BCUT2D eigenvalue weighted by Crippen LogP contribution is -2.30. The van der Waals surface area contributed by atoms with Gasteiger partial charge in [0.25, 0.3) is 0 Å². The first kappa shape index (κ1) is 9.55. The van der Waals surface area contributed by atoms with E-state index in [0.717, 1.165) is 18.7 Å². The maximum Gasteiger partial charge on any atom is 0.0754 e. The third kappa shape index (κ3) is 1.61. The van der Waals surface area contributed by atoms with Gasteiger partial charge in [-0.2, -0.15) is 0 Å². The molecule has 2 heteroatoms. The van der Waals surface area contributed by atoms with Crippen molar-refractivity contribution >= 4 is 0 Å². The monoisotopic (exact) mass is 210 g/mol. The molecular formula is C14H14N2. The number of aromatic nitrogens is 1. The molecule has 2 nitrogen and oxygen atoms in total. The van der Waals surface area contributed by atoms with Crippen LogP contribution in [-0.2, 0) is 6.42 Å². The van der Waals surface area contributed by atoms with Crippen molar-refractivity contribution in [3.8, 4) is 0 Å². The Balaban J connectivity index is 2.05. The molecule has 0 saturated heterocycles. The van der Waals surface area contributed by atoms with Gasteiger partial charge < -0.3 is 5.32 Å². The third-order valence-corrected chi connectivity index (χ3v) is 3.09. The Morgan fingerprint density at radius 1 is 1.06 bits per heavy atom. The van der Waals surface area contributed by atoms with Gasteiger partial charge in [-0.1, -0.05) is 30.3 Å². The van der Waals surface area contributed by atoms with E-state index in [-0.39, 0.29) is 6.04 Å². The molecule has 1 atom stereocenters. The number of hydrogen-bond acceptors (Lipinski definition) is 2. The van der Waals surface area contributed by atoms with Crippen LogP contribution in [0.3, 0.4) is 0 Å². The lowest BCUT2D eigenvalue weighted by molar-refractivity contribution is 0.557. The Morgan fingerprint density at radius 3 is 2.81 bits per heavy atom. The van der Waals surface area contributed by atoms with Crippen molar-refractivity contribution in [2.45, 2.75) is 12.5 Å². The van der Waals surface area contributed by atoms with Crippen LogP contribution in [0.4, 0.5) is 0 Å². The van der Waals surface area contributed by atoms with Gasteiger partial charge in [-0.3, -0.25) is 4.98 Å². The lowest BCUT2D eigenvalue weighted by atomic mass is 9.92. The molecule has 0 aliphatic carbocycles. The summed E-state index contributed by atoms with van der Waals surface area (Å²) in [5.74, 6) is 0. The number of benzene rings is 1. The van der Waals surface area contributed by atoms with Gasteiger partial charge in [-0.05, 0) is 29.7 Å². The van der Waals surface area contributed by atoms with Crippen LogP contribution >= 0.6 is 0 Å². The zero-order valence-electron chi connectivity index (χ0n) is 9.06. The van der Waals surface area contributed by atoms with E-state index in [0.29, 0.717) is 0 Å². The molecule has 0 bridgehead atoms. The zero-order valence-corrected chi connectivity index (χ0v) is 9.06. The average Bonchev–Trinajstić information content (AvgIpc) is 2.39. The van der Waals surface area contributed by atoms with E-state index in [1.807, 2.05) is 18.3 Å². The molecule has 16 heavy (non-hydrogen) atoms. The maximum atomic E-state index is 4.44. The highest BCUT2D eigenvalue weighted by Crippen LogP contribution is 2.26. The van der Waals surface area contributed by atoms with Gasteiger partial charge in [-0.25, -0.2) is 0 Å². The minimum atomic E-state index is 0.256. The van der Waals surface area contributed by atoms with Gasteiger partial charge in [-0.15, -0.1) is 0 Å². The Morgan fingerprint density at radius 2 is 1.94 bits per heavy atom. The van der Waals surface area contributed by atoms with Crippen LogP contribution in [0.25, 0.3) is 0 Å². The second kappa shape index (κ2) is 4.06. The van der Waals surface area contributed by atoms with Crippen molar-refractivity contribution in [1.29, 1.82) is 0 Å². The van der Waals surface area contributed by atoms with Crippen molar-refractivity contribution in [3.63, 3.8) is 0 Å². The summed E-state index contributed by atoms with van der Waals surface area (Å²) >= 11 is 0. The molecule has 1 aromatic carbocycles. The van der Waals surface area contributed by atoms with E-state index >= 15 is 0 Å². The molecule has 1 aromatic heterocycles. The predicted octanol–water partition coefficient (Wildman–Crippen LogP) is 2.32. The van der Waals surface area contributed by atoms with Gasteiger partial charge in [0, 0.05) is 12.7 Å². The van der Waals surface area contributed by atoms with Gasteiger partial charge in [0.15, 0.2) is 0 Å². The summed E-state index contributed by atoms with van der Waals surface area (Å²) in [5, 5.41) is 3.53. The van der Waals surface area contributed by atoms with E-state index in [1.165, 1.54) is 11.1 Å². The Labute approximate surface area is 95.3 Å². The van der Waals surface area contributed by atoms with Gasteiger partial charge in [0.05, 0.1) is 11.7 Å². The largest absolute Gasteiger partial charge is 0.305 e. The van der Waals surface area contributed by atoms with Crippen molar-refractivity contribution < 1.29 is 0 Å². The van der Waals surface area contributed by atoms with Crippen LogP contribution in [0.2, 0.25) is 0 Å². The molecule has 0 amide bonds. The van der Waals surface area contributed by atoms with Crippen LogP contribution in [-0.4, -0.2) is 11.5 Å². The number of hydrogen-bond donors (Lipinski definition) is 1. The highest BCUT2D eigenvalue weighted by atomic mass is 14.9. The first-order chi connectivity index (χ1) is 7.95. The summed E-state index contributed by atoms with van der Waals surface area (Å²) in [4.78, 5) is 4.44. The number of nitrogens with one attached hydrogen (secondary N) is 1. The summed E-state index contributed by atoms with van der Waals surface area (Å²) in [6.07, 6.45) is 2.97. The fraction of sp³-hybridized carbons (Fsp3) is 0.214. The molecule has 0 saturated carbocycles. The molecule has 0 unspecified atom stereocenters. The highest BCUT2D eigenvalue weighted by molar-refractivity contribution is 5.37. The molecule has 0 radical (unpaired) electrons. The second-order valence-corrected chi connectivity index (χ2v) is 4.09. The van der Waals surface area contributed by atoms with Gasteiger partial charge in [0.1, 0.15) is 0 Å². The molecule has 0 fully saturated rings. The molecule has 80 valence electrons. The normalized spacial score (nSPS) is 19.1. The fourth-order valence-electron chi connectivity index (χ4n) is 2.32.